The Morgan fingerprint density at radius 3 is 2.25 bits per heavy atom. The lowest BCUT2D eigenvalue weighted by Crippen LogP contribution is -3.61. The molecule has 0 bridgehead atoms. The van der Waals surface area contributed by atoms with E-state index < -0.39 is 0 Å². The molecule has 2 heteroatoms. The molecular formula is C18H12IO+. The Labute approximate surface area is 127 Å². The summed E-state index contributed by atoms with van der Waals surface area (Å²) in [5.74, 6) is 0. The van der Waals surface area contributed by atoms with Crippen LogP contribution in [0.3, 0.4) is 0 Å². The summed E-state index contributed by atoms with van der Waals surface area (Å²) in [5, 5.41) is 2.41. The van der Waals surface area contributed by atoms with Crippen LogP contribution >= 0.6 is 0 Å². The first kappa shape index (κ1) is 12.0. The molecule has 3 aromatic carbocycles. The third-order valence-electron chi connectivity index (χ3n) is 3.29. The maximum Gasteiger partial charge on any atom is 0.358 e. The molecule has 96 valence electrons. The maximum absolute atomic E-state index is 5.95. The topological polar surface area (TPSA) is 13.1 Å². The highest BCUT2D eigenvalue weighted by Gasteiger charge is 2.17. The molecule has 0 fully saturated rings. The van der Waals surface area contributed by atoms with Crippen molar-refractivity contribution >= 4 is 21.9 Å². The molecule has 0 atom stereocenters. The van der Waals surface area contributed by atoms with Gasteiger partial charge in [-0.15, -0.1) is 0 Å². The minimum absolute atomic E-state index is 0.136. The fourth-order valence-corrected chi connectivity index (χ4v) is 4.65. The summed E-state index contributed by atoms with van der Waals surface area (Å²) in [6, 6.07) is 25.5. The van der Waals surface area contributed by atoms with Gasteiger partial charge in [0.25, 0.3) is 0 Å². The molecule has 0 radical (unpaired) electrons. The second kappa shape index (κ2) is 4.94. The maximum atomic E-state index is 5.95. The number of hydrogen-bond donors (Lipinski definition) is 0. The summed E-state index contributed by atoms with van der Waals surface area (Å²) in [6.45, 7) is 0. The van der Waals surface area contributed by atoms with Crippen molar-refractivity contribution in [1.29, 1.82) is 0 Å². The zero-order valence-electron chi connectivity index (χ0n) is 10.7. The minimum Gasteiger partial charge on any atom is -0.456 e. The summed E-state index contributed by atoms with van der Waals surface area (Å²) in [6.07, 6.45) is 0. The van der Waals surface area contributed by atoms with Gasteiger partial charge in [0, 0.05) is 16.8 Å². The Kier molecular flexibility index (Phi) is 2.96. The van der Waals surface area contributed by atoms with Gasteiger partial charge in [0.1, 0.15) is 11.2 Å². The molecule has 0 spiro atoms. The average molecular weight is 371 g/mol. The van der Waals surface area contributed by atoms with Crippen LogP contribution in [0.1, 0.15) is 0 Å². The van der Waals surface area contributed by atoms with Crippen molar-refractivity contribution in [1.82, 2.24) is 0 Å². The van der Waals surface area contributed by atoms with Crippen LogP contribution < -0.4 is 21.2 Å². The van der Waals surface area contributed by atoms with Crippen molar-refractivity contribution in [2.75, 3.05) is 0 Å². The van der Waals surface area contributed by atoms with Crippen molar-refractivity contribution in [2.45, 2.75) is 0 Å². The van der Waals surface area contributed by atoms with Crippen molar-refractivity contribution < 1.29 is 25.6 Å². The van der Waals surface area contributed by atoms with Crippen molar-refractivity contribution in [3.05, 3.63) is 79.9 Å². The Morgan fingerprint density at radius 1 is 0.600 bits per heavy atom. The predicted octanol–water partition coefficient (Wildman–Crippen LogP) is 1.71. The third kappa shape index (κ3) is 2.10. The Bertz CT molecular complexity index is 878. The van der Waals surface area contributed by atoms with Crippen molar-refractivity contribution in [2.24, 2.45) is 0 Å². The van der Waals surface area contributed by atoms with E-state index in [4.69, 9.17) is 4.42 Å². The molecule has 0 aliphatic heterocycles. The molecule has 0 amide bonds. The summed E-state index contributed by atoms with van der Waals surface area (Å²) in [5.41, 5.74) is 1.97. The molecule has 4 rings (SSSR count). The van der Waals surface area contributed by atoms with E-state index >= 15 is 0 Å². The molecule has 4 aromatic rings. The molecule has 1 nitrogen and oxygen atoms in total. The Morgan fingerprint density at radius 2 is 1.35 bits per heavy atom. The monoisotopic (exact) mass is 371 g/mol. The largest absolute Gasteiger partial charge is 0.456 e. The number of furan rings is 1. The van der Waals surface area contributed by atoms with Gasteiger partial charge in [-0.05, 0) is 30.3 Å². The van der Waals surface area contributed by atoms with E-state index in [-0.39, 0.29) is 21.2 Å². The smallest absolute Gasteiger partial charge is 0.358 e. The molecule has 0 unspecified atom stereocenters. The third-order valence-corrected chi connectivity index (χ3v) is 5.93. The highest BCUT2D eigenvalue weighted by molar-refractivity contribution is 6.04. The normalized spacial score (nSPS) is 11.2. The predicted molar refractivity (Wildman–Crippen MR) is 77.6 cm³/mol. The first-order chi connectivity index (χ1) is 9.90. The number of hydrogen-bond acceptors (Lipinski definition) is 1. The van der Waals surface area contributed by atoms with Gasteiger partial charge in [0.2, 0.25) is 0 Å². The van der Waals surface area contributed by atoms with Crippen LogP contribution in [0.5, 0.6) is 0 Å². The number of benzene rings is 3. The van der Waals surface area contributed by atoms with Gasteiger partial charge in [-0.25, -0.2) is 0 Å². The second-order valence-electron chi connectivity index (χ2n) is 4.63. The highest BCUT2D eigenvalue weighted by Crippen LogP contribution is 2.27. The number of rotatable bonds is 2. The van der Waals surface area contributed by atoms with Crippen LogP contribution in [0, 0.1) is 7.14 Å². The van der Waals surface area contributed by atoms with Crippen LogP contribution in [-0.2, 0) is 0 Å². The van der Waals surface area contributed by atoms with Crippen LogP contribution in [-0.4, -0.2) is 0 Å². The lowest BCUT2D eigenvalue weighted by Gasteiger charge is -1.89. The quantitative estimate of drug-likeness (QED) is 0.489. The number of para-hydroxylation sites is 1. The molecule has 1 heterocycles. The van der Waals surface area contributed by atoms with Crippen LogP contribution in [0.25, 0.3) is 21.9 Å². The van der Waals surface area contributed by atoms with Crippen molar-refractivity contribution in [3.8, 4) is 0 Å². The van der Waals surface area contributed by atoms with Gasteiger partial charge in [0.05, 0.1) is 0 Å². The Hall–Kier alpha value is -1.81. The number of halogens is 1. The summed E-state index contributed by atoms with van der Waals surface area (Å²) >= 11 is -0.136. The highest BCUT2D eigenvalue weighted by atomic mass is 127. The zero-order chi connectivity index (χ0) is 13.4. The second-order valence-corrected chi connectivity index (χ2v) is 7.66. The molecule has 1 aromatic heterocycles. The van der Waals surface area contributed by atoms with Gasteiger partial charge < -0.3 is 4.42 Å². The van der Waals surface area contributed by atoms with E-state index in [0.29, 0.717) is 0 Å². The van der Waals surface area contributed by atoms with E-state index in [1.54, 1.807) is 0 Å². The van der Waals surface area contributed by atoms with E-state index in [0.717, 1.165) is 11.2 Å². The van der Waals surface area contributed by atoms with Gasteiger partial charge in [-0.3, -0.25) is 0 Å². The molecule has 0 saturated carbocycles. The van der Waals surface area contributed by atoms with Crippen molar-refractivity contribution in [3.63, 3.8) is 0 Å². The van der Waals surface area contributed by atoms with E-state index in [9.17, 15) is 0 Å². The molecule has 0 N–H and O–H groups in total. The summed E-state index contributed by atoms with van der Waals surface area (Å²) in [7, 11) is 0. The molecular weight excluding hydrogens is 359 g/mol. The molecule has 0 saturated heterocycles. The van der Waals surface area contributed by atoms with Gasteiger partial charge in [-0.1, -0.05) is 36.4 Å². The average Bonchev–Trinajstić information content (AvgIpc) is 2.86. The van der Waals surface area contributed by atoms with Crippen LogP contribution in [0.4, 0.5) is 0 Å². The fourth-order valence-electron chi connectivity index (χ4n) is 2.36. The zero-order valence-corrected chi connectivity index (χ0v) is 12.9. The molecule has 20 heavy (non-hydrogen) atoms. The lowest BCUT2D eigenvalue weighted by atomic mass is 10.2. The summed E-state index contributed by atoms with van der Waals surface area (Å²) in [4.78, 5) is 0. The van der Waals surface area contributed by atoms with Crippen LogP contribution in [0.2, 0.25) is 0 Å². The standard InChI is InChI=1S/C18H12IO/c1-2-6-13(7-3-1)19-14-10-11-16-15-8-4-5-9-17(15)20-18(16)12-14/h1-12H/q+1. The molecule has 0 aliphatic rings. The minimum atomic E-state index is -0.136. The first-order valence-electron chi connectivity index (χ1n) is 6.51. The van der Waals surface area contributed by atoms with Gasteiger partial charge in [0.15, 0.2) is 7.14 Å². The van der Waals surface area contributed by atoms with Gasteiger partial charge in [-0.2, -0.15) is 0 Å². The summed E-state index contributed by atoms with van der Waals surface area (Å²) < 4.78 is 8.77. The Balaban J connectivity index is 1.81. The van der Waals surface area contributed by atoms with E-state index in [1.165, 1.54) is 17.9 Å². The first-order valence-corrected chi connectivity index (χ1v) is 8.67. The van der Waals surface area contributed by atoms with E-state index in [1.807, 2.05) is 12.1 Å². The fraction of sp³-hybridized carbons (Fsp3) is 0. The lowest BCUT2D eigenvalue weighted by molar-refractivity contribution is -0.597. The van der Waals surface area contributed by atoms with Gasteiger partial charge >= 0.3 is 21.2 Å². The SMILES string of the molecule is c1ccc([I+]c2ccc3c(c2)oc2ccccc23)cc1. The van der Waals surface area contributed by atoms with E-state index in [2.05, 4.69) is 60.7 Å². The van der Waals surface area contributed by atoms with Crippen LogP contribution in [0.15, 0.2) is 77.2 Å². The number of fused-ring (bicyclic) bond motifs is 3. The molecule has 0 aliphatic carbocycles.